The monoisotopic (exact) mass is 475 g/mol. The van der Waals surface area contributed by atoms with Crippen molar-refractivity contribution < 1.29 is 9.53 Å². The summed E-state index contributed by atoms with van der Waals surface area (Å²) in [5.41, 5.74) is 1.25. The maximum absolute atomic E-state index is 12.8. The van der Waals surface area contributed by atoms with Crippen molar-refractivity contribution in [1.82, 2.24) is 19.9 Å². The van der Waals surface area contributed by atoms with Crippen LogP contribution < -0.4 is 9.80 Å². The molecule has 2 aliphatic heterocycles. The molecule has 3 aliphatic rings. The van der Waals surface area contributed by atoms with Gasteiger partial charge < -0.3 is 19.4 Å². The number of amides is 1. The summed E-state index contributed by atoms with van der Waals surface area (Å²) >= 11 is 0. The number of carbonyl (C=O) groups is 1. The summed E-state index contributed by atoms with van der Waals surface area (Å²) in [5.74, 6) is 2.60. The van der Waals surface area contributed by atoms with Crippen LogP contribution in [0.2, 0.25) is 0 Å². The van der Waals surface area contributed by atoms with Crippen LogP contribution in [0.5, 0.6) is 0 Å². The average Bonchev–Trinajstić information content (AvgIpc) is 3.05. The molecule has 184 valence electrons. The highest BCUT2D eigenvalue weighted by Crippen LogP contribution is 2.56. The summed E-state index contributed by atoms with van der Waals surface area (Å²) in [6, 6.07) is 5.85. The Morgan fingerprint density at radius 2 is 1.94 bits per heavy atom. The highest BCUT2D eigenvalue weighted by molar-refractivity contribution is 5.75. The van der Waals surface area contributed by atoms with Gasteiger partial charge in [0.2, 0.25) is 0 Å². The van der Waals surface area contributed by atoms with E-state index in [2.05, 4.69) is 27.8 Å². The van der Waals surface area contributed by atoms with Crippen LogP contribution in [-0.2, 0) is 10.2 Å². The number of carbonyl (C=O) groups excluding carboxylic acids is 1. The van der Waals surface area contributed by atoms with E-state index < -0.39 is 5.60 Å². The van der Waals surface area contributed by atoms with Crippen LogP contribution in [0.15, 0.2) is 24.7 Å². The maximum Gasteiger partial charge on any atom is 0.410 e. The lowest BCUT2D eigenvalue weighted by Crippen LogP contribution is -2.43. The fourth-order valence-corrected chi connectivity index (χ4v) is 5.44. The molecule has 9 nitrogen and oxygen atoms in total. The number of aromatic nitrogens is 3. The Labute approximate surface area is 206 Å². The van der Waals surface area contributed by atoms with Crippen molar-refractivity contribution >= 4 is 23.5 Å². The van der Waals surface area contributed by atoms with E-state index >= 15 is 0 Å². The summed E-state index contributed by atoms with van der Waals surface area (Å²) in [5, 5.41) is 9.38. The first-order chi connectivity index (χ1) is 16.7. The topological polar surface area (TPSA) is 98.5 Å². The molecule has 2 aromatic rings. The van der Waals surface area contributed by atoms with E-state index in [1.165, 1.54) is 12.0 Å². The molecule has 1 spiro atoms. The van der Waals surface area contributed by atoms with Crippen molar-refractivity contribution in [2.45, 2.75) is 70.4 Å². The van der Waals surface area contributed by atoms with Gasteiger partial charge in [0.25, 0.3) is 0 Å². The molecule has 1 unspecified atom stereocenters. The summed E-state index contributed by atoms with van der Waals surface area (Å²) in [6.07, 6.45) is 7.24. The predicted molar refractivity (Wildman–Crippen MR) is 133 cm³/mol. The van der Waals surface area contributed by atoms with Crippen molar-refractivity contribution in [2.75, 3.05) is 36.0 Å². The molecule has 0 N–H and O–H groups in total. The van der Waals surface area contributed by atoms with Gasteiger partial charge in [-0.3, -0.25) is 0 Å². The molecule has 1 atom stereocenters. The number of pyridine rings is 1. The number of hydrogen-bond acceptors (Lipinski definition) is 8. The standard InChI is InChI=1S/C26H33N7O2/c1-18-7-11-31(12-13-32(18)24(34)35-25(2,3)4)22-21-23(30-17-29-22)33(16-26(21)8-5-9-26)20-14-19(15-27)6-10-28-20/h6,10,14,17-18H,5,7-9,11-13,16H2,1-4H3. The van der Waals surface area contributed by atoms with Crippen LogP contribution in [0.3, 0.4) is 0 Å². The molecular formula is C26H33N7O2. The van der Waals surface area contributed by atoms with Gasteiger partial charge in [0, 0.05) is 49.4 Å². The quantitative estimate of drug-likeness (QED) is 0.639. The molecule has 2 aromatic heterocycles. The fourth-order valence-electron chi connectivity index (χ4n) is 5.44. The van der Waals surface area contributed by atoms with Crippen molar-refractivity contribution in [2.24, 2.45) is 0 Å². The third-order valence-corrected chi connectivity index (χ3v) is 7.40. The third kappa shape index (κ3) is 4.26. The van der Waals surface area contributed by atoms with Gasteiger partial charge in [0.15, 0.2) is 0 Å². The first-order valence-electron chi connectivity index (χ1n) is 12.4. The van der Waals surface area contributed by atoms with Crippen molar-refractivity contribution in [3.63, 3.8) is 0 Å². The Bertz CT molecular complexity index is 1170. The maximum atomic E-state index is 12.8. The van der Waals surface area contributed by atoms with E-state index in [-0.39, 0.29) is 17.6 Å². The number of ether oxygens (including phenoxy) is 1. The van der Waals surface area contributed by atoms with Gasteiger partial charge in [0.1, 0.15) is 29.4 Å². The lowest BCUT2D eigenvalue weighted by atomic mass is 9.66. The highest BCUT2D eigenvalue weighted by Gasteiger charge is 2.51. The molecule has 9 heteroatoms. The molecule has 1 aliphatic carbocycles. The molecule has 0 radical (unpaired) electrons. The van der Waals surface area contributed by atoms with E-state index in [9.17, 15) is 10.1 Å². The molecule has 1 saturated carbocycles. The second-order valence-corrected chi connectivity index (χ2v) is 10.9. The third-order valence-electron chi connectivity index (χ3n) is 7.40. The van der Waals surface area contributed by atoms with E-state index in [4.69, 9.17) is 14.7 Å². The van der Waals surface area contributed by atoms with Crippen molar-refractivity contribution in [3.05, 3.63) is 35.8 Å². The number of nitriles is 1. The van der Waals surface area contributed by atoms with E-state index in [1.807, 2.05) is 31.7 Å². The second kappa shape index (κ2) is 8.67. The van der Waals surface area contributed by atoms with Crippen LogP contribution in [0.25, 0.3) is 0 Å². The Morgan fingerprint density at radius 3 is 2.63 bits per heavy atom. The minimum absolute atomic E-state index is 0.000965. The minimum atomic E-state index is -0.521. The molecule has 0 aromatic carbocycles. The lowest BCUT2D eigenvalue weighted by molar-refractivity contribution is 0.0191. The zero-order valence-corrected chi connectivity index (χ0v) is 21.0. The Kier molecular flexibility index (Phi) is 5.78. The van der Waals surface area contributed by atoms with Gasteiger partial charge >= 0.3 is 6.09 Å². The van der Waals surface area contributed by atoms with Gasteiger partial charge in [0.05, 0.1) is 11.6 Å². The summed E-state index contributed by atoms with van der Waals surface area (Å²) in [4.78, 5) is 33.2. The van der Waals surface area contributed by atoms with E-state index in [1.54, 1.807) is 18.6 Å². The Balaban J connectivity index is 1.46. The number of anilines is 3. The smallest absolute Gasteiger partial charge is 0.410 e. The van der Waals surface area contributed by atoms with Crippen LogP contribution >= 0.6 is 0 Å². The Morgan fingerprint density at radius 1 is 1.17 bits per heavy atom. The van der Waals surface area contributed by atoms with E-state index in [0.717, 1.165) is 49.8 Å². The molecule has 35 heavy (non-hydrogen) atoms. The molecule has 0 bridgehead atoms. The first kappa shape index (κ1) is 23.3. The largest absolute Gasteiger partial charge is 0.444 e. The van der Waals surface area contributed by atoms with Gasteiger partial charge in [-0.15, -0.1) is 0 Å². The molecule has 5 rings (SSSR count). The van der Waals surface area contributed by atoms with Crippen molar-refractivity contribution in [1.29, 1.82) is 5.26 Å². The fraction of sp³-hybridized carbons (Fsp3) is 0.577. The minimum Gasteiger partial charge on any atom is -0.444 e. The zero-order valence-electron chi connectivity index (χ0n) is 21.0. The second-order valence-electron chi connectivity index (χ2n) is 10.9. The highest BCUT2D eigenvalue weighted by atomic mass is 16.6. The number of hydrogen-bond donors (Lipinski definition) is 0. The normalized spacial score (nSPS) is 21.2. The summed E-state index contributed by atoms with van der Waals surface area (Å²) in [6.45, 7) is 10.6. The van der Waals surface area contributed by atoms with Gasteiger partial charge in [-0.25, -0.2) is 19.7 Å². The van der Waals surface area contributed by atoms with Crippen LogP contribution in [0.1, 0.15) is 64.5 Å². The van der Waals surface area contributed by atoms with Crippen LogP contribution in [0, 0.1) is 11.3 Å². The molecule has 4 heterocycles. The van der Waals surface area contributed by atoms with Crippen molar-refractivity contribution in [3.8, 4) is 6.07 Å². The summed E-state index contributed by atoms with van der Waals surface area (Å²) < 4.78 is 5.67. The molecule has 2 fully saturated rings. The average molecular weight is 476 g/mol. The Hall–Kier alpha value is -3.41. The number of fused-ring (bicyclic) bond motifs is 2. The van der Waals surface area contributed by atoms with Crippen LogP contribution in [-0.4, -0.2) is 63.8 Å². The van der Waals surface area contributed by atoms with Gasteiger partial charge in [-0.1, -0.05) is 6.42 Å². The number of nitrogens with zero attached hydrogens (tertiary/aromatic N) is 7. The van der Waals surface area contributed by atoms with E-state index in [0.29, 0.717) is 18.7 Å². The first-order valence-corrected chi connectivity index (χ1v) is 12.4. The zero-order chi connectivity index (χ0) is 24.8. The van der Waals surface area contributed by atoms with Gasteiger partial charge in [-0.2, -0.15) is 5.26 Å². The predicted octanol–water partition coefficient (Wildman–Crippen LogP) is 4.15. The lowest BCUT2D eigenvalue weighted by Gasteiger charge is -2.40. The van der Waals surface area contributed by atoms with Gasteiger partial charge in [-0.05, 0) is 59.1 Å². The molecular weight excluding hydrogens is 442 g/mol. The molecule has 1 amide bonds. The summed E-state index contributed by atoms with van der Waals surface area (Å²) in [7, 11) is 0. The molecule has 1 saturated heterocycles. The SMILES string of the molecule is CC1CCN(c2ncnc3c2C2(CCC2)CN3c2cc(C#N)ccn2)CCN1C(=O)OC(C)(C)C. The van der Waals surface area contributed by atoms with Crippen LogP contribution in [0.4, 0.5) is 22.2 Å². The number of rotatable bonds is 2.